The summed E-state index contributed by atoms with van der Waals surface area (Å²) in [5, 5.41) is 2.42. The first-order valence-corrected chi connectivity index (χ1v) is 5.44. The Morgan fingerprint density at radius 3 is 2.86 bits per heavy atom. The van der Waals surface area contributed by atoms with Crippen molar-refractivity contribution in [2.75, 3.05) is 12.8 Å². The molecule has 0 atom stereocenters. The van der Waals surface area contributed by atoms with Gasteiger partial charge in [-0.1, -0.05) is 32.2 Å². The minimum absolute atomic E-state index is 0.283. The molecule has 0 aromatic heterocycles. The summed E-state index contributed by atoms with van der Waals surface area (Å²) in [5.74, 6) is 1.25. The molecule has 1 heterocycles. The van der Waals surface area contributed by atoms with E-state index in [1.54, 1.807) is 16.8 Å². The Morgan fingerprint density at radius 1 is 1.64 bits per heavy atom. The SMILES string of the molecule is C=C1NN(C)C(SCC(C)C)=NC1=O. The highest BCUT2D eigenvalue weighted by Gasteiger charge is 2.19. The smallest absolute Gasteiger partial charge is 0.292 e. The molecular weight excluding hydrogens is 198 g/mol. The maximum Gasteiger partial charge on any atom is 0.296 e. The molecule has 1 rings (SSSR count). The van der Waals surface area contributed by atoms with Gasteiger partial charge in [0.25, 0.3) is 5.91 Å². The lowest BCUT2D eigenvalue weighted by Crippen LogP contribution is -2.43. The lowest BCUT2D eigenvalue weighted by molar-refractivity contribution is -0.115. The van der Waals surface area contributed by atoms with Crippen LogP contribution in [0.5, 0.6) is 0 Å². The summed E-state index contributed by atoms with van der Waals surface area (Å²) in [6.07, 6.45) is 0. The van der Waals surface area contributed by atoms with Gasteiger partial charge in [-0.3, -0.25) is 15.2 Å². The highest BCUT2D eigenvalue weighted by atomic mass is 32.2. The van der Waals surface area contributed by atoms with E-state index in [-0.39, 0.29) is 5.91 Å². The van der Waals surface area contributed by atoms with Crippen molar-refractivity contribution in [3.63, 3.8) is 0 Å². The molecule has 0 aromatic carbocycles. The van der Waals surface area contributed by atoms with Crippen molar-refractivity contribution in [3.8, 4) is 0 Å². The summed E-state index contributed by atoms with van der Waals surface area (Å²) in [4.78, 5) is 15.1. The van der Waals surface area contributed by atoms with Crippen LogP contribution in [0.15, 0.2) is 17.3 Å². The highest BCUT2D eigenvalue weighted by Crippen LogP contribution is 2.15. The van der Waals surface area contributed by atoms with Crippen molar-refractivity contribution in [1.82, 2.24) is 10.4 Å². The predicted molar refractivity (Wildman–Crippen MR) is 59.8 cm³/mol. The summed E-state index contributed by atoms with van der Waals surface area (Å²) in [7, 11) is 1.82. The topological polar surface area (TPSA) is 44.7 Å². The number of thioether (sulfide) groups is 1. The van der Waals surface area contributed by atoms with Crippen molar-refractivity contribution in [2.45, 2.75) is 13.8 Å². The largest absolute Gasteiger partial charge is 0.296 e. The van der Waals surface area contributed by atoms with Crippen LogP contribution in [0.1, 0.15) is 13.8 Å². The Bertz CT molecular complexity index is 286. The third-order valence-electron chi connectivity index (χ3n) is 1.59. The lowest BCUT2D eigenvalue weighted by atomic mass is 10.3. The monoisotopic (exact) mass is 213 g/mol. The van der Waals surface area contributed by atoms with Gasteiger partial charge in [0.1, 0.15) is 5.70 Å². The molecule has 0 radical (unpaired) electrons. The van der Waals surface area contributed by atoms with E-state index in [1.807, 2.05) is 7.05 Å². The zero-order chi connectivity index (χ0) is 10.7. The van der Waals surface area contributed by atoms with Crippen LogP contribution in [0.3, 0.4) is 0 Å². The zero-order valence-corrected chi connectivity index (χ0v) is 9.52. The Labute approximate surface area is 88.4 Å². The van der Waals surface area contributed by atoms with Crippen LogP contribution in [-0.4, -0.2) is 28.9 Å². The van der Waals surface area contributed by atoms with Gasteiger partial charge < -0.3 is 0 Å². The normalized spacial score (nSPS) is 17.1. The van der Waals surface area contributed by atoms with Crippen LogP contribution < -0.4 is 5.43 Å². The molecule has 0 saturated carbocycles. The van der Waals surface area contributed by atoms with Crippen molar-refractivity contribution in [1.29, 1.82) is 0 Å². The number of nitrogens with one attached hydrogen (secondary N) is 1. The van der Waals surface area contributed by atoms with E-state index in [9.17, 15) is 4.79 Å². The van der Waals surface area contributed by atoms with E-state index in [0.717, 1.165) is 5.75 Å². The summed E-state index contributed by atoms with van der Waals surface area (Å²) >= 11 is 1.57. The van der Waals surface area contributed by atoms with E-state index in [1.165, 1.54) is 0 Å². The fraction of sp³-hybridized carbons (Fsp3) is 0.556. The zero-order valence-electron chi connectivity index (χ0n) is 8.70. The van der Waals surface area contributed by atoms with Gasteiger partial charge in [0, 0.05) is 12.8 Å². The van der Waals surface area contributed by atoms with Crippen LogP contribution in [-0.2, 0) is 4.79 Å². The van der Waals surface area contributed by atoms with Crippen LogP contribution in [0, 0.1) is 5.92 Å². The Kier molecular flexibility index (Phi) is 3.57. The molecule has 0 aromatic rings. The van der Waals surface area contributed by atoms with E-state index < -0.39 is 0 Å². The molecule has 0 saturated heterocycles. The average molecular weight is 213 g/mol. The number of aliphatic imine (C=N–C) groups is 1. The van der Waals surface area contributed by atoms with Gasteiger partial charge in [0.05, 0.1) is 0 Å². The van der Waals surface area contributed by atoms with Gasteiger partial charge in [0.2, 0.25) is 0 Å². The number of amides is 1. The lowest BCUT2D eigenvalue weighted by Gasteiger charge is -2.26. The van der Waals surface area contributed by atoms with Gasteiger partial charge >= 0.3 is 0 Å². The number of hydrogen-bond acceptors (Lipinski definition) is 4. The van der Waals surface area contributed by atoms with Gasteiger partial charge in [-0.2, -0.15) is 4.99 Å². The maximum absolute atomic E-state index is 11.2. The average Bonchev–Trinajstić information content (AvgIpc) is 2.09. The molecule has 0 aliphatic carbocycles. The van der Waals surface area contributed by atoms with Crippen molar-refractivity contribution >= 4 is 22.8 Å². The number of hydrogen-bond donors (Lipinski definition) is 1. The Morgan fingerprint density at radius 2 is 2.29 bits per heavy atom. The fourth-order valence-electron chi connectivity index (χ4n) is 0.898. The second-order valence-electron chi connectivity index (χ2n) is 3.55. The second kappa shape index (κ2) is 4.50. The molecular formula is C9H15N3OS. The van der Waals surface area contributed by atoms with Crippen LogP contribution >= 0.6 is 11.8 Å². The van der Waals surface area contributed by atoms with Gasteiger partial charge in [0.15, 0.2) is 5.17 Å². The summed E-state index contributed by atoms with van der Waals surface area (Å²) in [6.45, 7) is 7.82. The molecule has 1 N–H and O–H groups in total. The molecule has 0 unspecified atom stereocenters. The van der Waals surface area contributed by atoms with Crippen molar-refractivity contribution in [3.05, 3.63) is 12.3 Å². The number of rotatable bonds is 2. The quantitative estimate of drug-likeness (QED) is 0.701. The van der Waals surface area contributed by atoms with Crippen LogP contribution in [0.25, 0.3) is 0 Å². The van der Waals surface area contributed by atoms with E-state index >= 15 is 0 Å². The molecule has 5 heteroatoms. The molecule has 1 aliphatic heterocycles. The van der Waals surface area contributed by atoms with E-state index in [2.05, 4.69) is 30.8 Å². The Balaban J connectivity index is 2.63. The number of amidine groups is 1. The van der Waals surface area contributed by atoms with Crippen LogP contribution in [0.2, 0.25) is 0 Å². The number of nitrogens with zero attached hydrogens (tertiary/aromatic N) is 2. The van der Waals surface area contributed by atoms with E-state index in [4.69, 9.17) is 0 Å². The number of carbonyl (C=O) groups excluding carboxylic acids is 1. The van der Waals surface area contributed by atoms with Gasteiger partial charge in [-0.05, 0) is 5.92 Å². The molecule has 0 spiro atoms. The molecule has 4 nitrogen and oxygen atoms in total. The third kappa shape index (κ3) is 2.77. The van der Waals surface area contributed by atoms with Gasteiger partial charge in [-0.25, -0.2) is 0 Å². The fourth-order valence-corrected chi connectivity index (χ4v) is 1.77. The van der Waals surface area contributed by atoms with E-state index in [0.29, 0.717) is 16.8 Å². The summed E-state index contributed by atoms with van der Waals surface area (Å²) < 4.78 is 0. The molecule has 14 heavy (non-hydrogen) atoms. The van der Waals surface area contributed by atoms with Crippen LogP contribution in [0.4, 0.5) is 0 Å². The standard InChI is InChI=1S/C9H15N3OS/c1-6(2)5-14-9-10-8(13)7(3)11-12(9)4/h6,11H,3,5H2,1-2,4H3. The molecule has 78 valence electrons. The minimum atomic E-state index is -0.283. The highest BCUT2D eigenvalue weighted by molar-refractivity contribution is 8.13. The summed E-state index contributed by atoms with van der Waals surface area (Å²) in [6, 6.07) is 0. The predicted octanol–water partition coefficient (Wildman–Crippen LogP) is 1.22. The minimum Gasteiger partial charge on any atom is -0.292 e. The summed E-state index contributed by atoms with van der Waals surface area (Å²) in [5.41, 5.74) is 3.16. The molecule has 0 bridgehead atoms. The third-order valence-corrected chi connectivity index (χ3v) is 3.05. The number of carbonyl (C=O) groups is 1. The second-order valence-corrected chi connectivity index (χ2v) is 4.54. The first-order chi connectivity index (χ1) is 6.50. The first-order valence-electron chi connectivity index (χ1n) is 4.46. The molecule has 0 fully saturated rings. The van der Waals surface area contributed by atoms with Crippen molar-refractivity contribution < 1.29 is 4.79 Å². The van der Waals surface area contributed by atoms with Gasteiger partial charge in [-0.15, -0.1) is 0 Å². The maximum atomic E-state index is 11.2. The number of hydrazine groups is 1. The molecule has 1 amide bonds. The Hall–Kier alpha value is -0.970. The van der Waals surface area contributed by atoms with Crippen molar-refractivity contribution in [2.24, 2.45) is 10.9 Å². The first kappa shape index (κ1) is 11.1. The molecule has 1 aliphatic rings.